The van der Waals surface area contributed by atoms with E-state index in [4.69, 9.17) is 9.47 Å². The Hall–Kier alpha value is -3.20. The van der Waals surface area contributed by atoms with Gasteiger partial charge in [-0.05, 0) is 50.3 Å². The van der Waals surface area contributed by atoms with E-state index in [-0.39, 0.29) is 11.5 Å². The molecule has 208 valence electrons. The first kappa shape index (κ1) is 26.0. The molecule has 3 aromatic rings. The van der Waals surface area contributed by atoms with Gasteiger partial charge in [0, 0.05) is 44.2 Å². The van der Waals surface area contributed by atoms with E-state index in [2.05, 4.69) is 32.0 Å². The van der Waals surface area contributed by atoms with Crippen molar-refractivity contribution in [2.24, 2.45) is 5.92 Å². The molecule has 2 aromatic heterocycles. The molecular formula is C30H40N6O3. The number of carbonyl (C=O) groups excluding carboxylic acids is 1. The summed E-state index contributed by atoms with van der Waals surface area (Å²) in [5.74, 6) is 2.71. The normalized spacial score (nSPS) is 19.4. The molecule has 0 radical (unpaired) electrons. The summed E-state index contributed by atoms with van der Waals surface area (Å²) in [7, 11) is 0. The van der Waals surface area contributed by atoms with Crippen LogP contribution in [0.25, 0.3) is 22.3 Å². The van der Waals surface area contributed by atoms with Crippen LogP contribution in [0.15, 0.2) is 30.6 Å². The molecule has 0 bridgehead atoms. The molecule has 0 unspecified atom stereocenters. The Morgan fingerprint density at radius 2 is 1.87 bits per heavy atom. The summed E-state index contributed by atoms with van der Waals surface area (Å²) in [4.78, 5) is 26.0. The number of ether oxygens (including phenoxy) is 2. The number of benzene rings is 1. The lowest BCUT2D eigenvalue weighted by atomic mass is 9.87. The standard InChI is InChI=1S/C30H40N6O3/c1-30(11-12-30)39-23-7-8-25-24(19-23)29(34-33-25)26-20-27(32-21-31-26)35-13-15-36(16-14-35)28(37)10-18-38-17-9-22-5-3-2-4-6-22/h7-8,19-22H,2-6,9-18H2,1H3,(H,33,34). The number of rotatable bonds is 10. The van der Waals surface area contributed by atoms with Gasteiger partial charge in [0.15, 0.2) is 0 Å². The summed E-state index contributed by atoms with van der Waals surface area (Å²) in [6, 6.07) is 8.03. The molecule has 6 rings (SSSR count). The minimum absolute atomic E-state index is 0.0370. The van der Waals surface area contributed by atoms with Gasteiger partial charge in [0.25, 0.3) is 0 Å². The van der Waals surface area contributed by atoms with E-state index in [0.29, 0.717) is 26.1 Å². The molecule has 1 aromatic carbocycles. The van der Waals surface area contributed by atoms with Crippen molar-refractivity contribution in [2.75, 3.05) is 44.3 Å². The fourth-order valence-electron chi connectivity index (χ4n) is 5.79. The van der Waals surface area contributed by atoms with Gasteiger partial charge in [-0.1, -0.05) is 32.1 Å². The third-order valence-electron chi connectivity index (χ3n) is 8.56. The molecule has 1 saturated heterocycles. The number of fused-ring (bicyclic) bond motifs is 1. The first-order chi connectivity index (χ1) is 19.1. The van der Waals surface area contributed by atoms with Crippen LogP contribution in [0.2, 0.25) is 0 Å². The van der Waals surface area contributed by atoms with Gasteiger partial charge in [-0.25, -0.2) is 9.97 Å². The second-order valence-corrected chi connectivity index (χ2v) is 11.6. The summed E-state index contributed by atoms with van der Waals surface area (Å²) in [6.45, 7) is 6.29. The number of hydrogen-bond donors (Lipinski definition) is 1. The molecule has 1 aliphatic heterocycles. The number of aromatic amines is 1. The number of aromatic nitrogens is 4. The van der Waals surface area contributed by atoms with Gasteiger partial charge in [0.05, 0.1) is 24.2 Å². The maximum Gasteiger partial charge on any atom is 0.225 e. The largest absolute Gasteiger partial charge is 0.488 e. The first-order valence-corrected chi connectivity index (χ1v) is 14.7. The Morgan fingerprint density at radius 3 is 2.67 bits per heavy atom. The Bertz CT molecular complexity index is 1270. The number of nitrogens with one attached hydrogen (secondary N) is 1. The van der Waals surface area contributed by atoms with Crippen LogP contribution in [0, 0.1) is 5.92 Å². The number of hydrogen-bond acceptors (Lipinski definition) is 7. The van der Waals surface area contributed by atoms with E-state index < -0.39 is 0 Å². The number of amides is 1. The number of anilines is 1. The zero-order chi connectivity index (χ0) is 26.7. The predicted octanol–water partition coefficient (Wildman–Crippen LogP) is 4.98. The molecule has 9 heteroatoms. The summed E-state index contributed by atoms with van der Waals surface area (Å²) >= 11 is 0. The third-order valence-corrected chi connectivity index (χ3v) is 8.56. The topological polar surface area (TPSA) is 96.5 Å². The van der Waals surface area contributed by atoms with Gasteiger partial charge in [-0.3, -0.25) is 9.89 Å². The second kappa shape index (κ2) is 11.5. The van der Waals surface area contributed by atoms with Crippen LogP contribution in [-0.4, -0.2) is 76.0 Å². The van der Waals surface area contributed by atoms with Crippen LogP contribution in [0.5, 0.6) is 5.75 Å². The molecule has 3 aliphatic rings. The minimum Gasteiger partial charge on any atom is -0.488 e. The first-order valence-electron chi connectivity index (χ1n) is 14.7. The molecule has 2 aliphatic carbocycles. The molecule has 0 atom stereocenters. The van der Waals surface area contributed by atoms with E-state index in [1.807, 2.05) is 29.2 Å². The highest BCUT2D eigenvalue weighted by Gasteiger charge is 2.40. The van der Waals surface area contributed by atoms with Gasteiger partial charge >= 0.3 is 0 Å². The summed E-state index contributed by atoms with van der Waals surface area (Å²) in [6.07, 6.45) is 12.2. The average molecular weight is 533 g/mol. The lowest BCUT2D eigenvalue weighted by Crippen LogP contribution is -2.49. The number of nitrogens with zero attached hydrogens (tertiary/aromatic N) is 5. The monoisotopic (exact) mass is 532 g/mol. The van der Waals surface area contributed by atoms with Crippen molar-refractivity contribution in [3.05, 3.63) is 30.6 Å². The lowest BCUT2D eigenvalue weighted by Gasteiger charge is -2.35. The van der Waals surface area contributed by atoms with E-state index in [0.717, 1.165) is 78.7 Å². The molecule has 3 fully saturated rings. The van der Waals surface area contributed by atoms with E-state index in [9.17, 15) is 4.79 Å². The molecule has 0 spiro atoms. The van der Waals surface area contributed by atoms with Gasteiger partial charge in [-0.15, -0.1) is 0 Å². The number of carbonyl (C=O) groups is 1. The molecule has 9 nitrogen and oxygen atoms in total. The van der Waals surface area contributed by atoms with E-state index in [1.54, 1.807) is 6.33 Å². The van der Waals surface area contributed by atoms with Crippen molar-refractivity contribution in [3.8, 4) is 17.1 Å². The van der Waals surface area contributed by atoms with Crippen LogP contribution < -0.4 is 9.64 Å². The predicted molar refractivity (Wildman–Crippen MR) is 151 cm³/mol. The van der Waals surface area contributed by atoms with Crippen LogP contribution in [0.4, 0.5) is 5.82 Å². The SMILES string of the molecule is CC1(Oc2ccc3[nH]nc(-c4cc(N5CCN(C(=O)CCOCCC6CCCCC6)CC5)ncn4)c3c2)CC1. The van der Waals surface area contributed by atoms with Crippen molar-refractivity contribution in [3.63, 3.8) is 0 Å². The molecular weight excluding hydrogens is 492 g/mol. The van der Waals surface area contributed by atoms with Crippen molar-refractivity contribution in [1.82, 2.24) is 25.1 Å². The van der Waals surface area contributed by atoms with Gasteiger partial charge in [0.1, 0.15) is 29.2 Å². The molecule has 39 heavy (non-hydrogen) atoms. The molecule has 1 N–H and O–H groups in total. The quantitative estimate of drug-likeness (QED) is 0.368. The van der Waals surface area contributed by atoms with Crippen molar-refractivity contribution in [2.45, 2.75) is 70.3 Å². The summed E-state index contributed by atoms with van der Waals surface area (Å²) in [5, 5.41) is 8.66. The van der Waals surface area contributed by atoms with E-state index in [1.165, 1.54) is 32.1 Å². The fraction of sp³-hybridized carbons (Fsp3) is 0.600. The summed E-state index contributed by atoms with van der Waals surface area (Å²) < 4.78 is 12.0. The zero-order valence-electron chi connectivity index (χ0n) is 23.0. The zero-order valence-corrected chi connectivity index (χ0v) is 23.0. The van der Waals surface area contributed by atoms with Crippen molar-refractivity contribution >= 4 is 22.6 Å². The fourth-order valence-corrected chi connectivity index (χ4v) is 5.79. The van der Waals surface area contributed by atoms with Crippen LogP contribution in [-0.2, 0) is 9.53 Å². The maximum absolute atomic E-state index is 12.7. The molecule has 1 amide bonds. The van der Waals surface area contributed by atoms with Gasteiger partial charge in [0.2, 0.25) is 5.91 Å². The lowest BCUT2D eigenvalue weighted by molar-refractivity contribution is -0.132. The van der Waals surface area contributed by atoms with Crippen LogP contribution in [0.1, 0.15) is 64.7 Å². The van der Waals surface area contributed by atoms with E-state index >= 15 is 0 Å². The van der Waals surface area contributed by atoms with Crippen LogP contribution in [0.3, 0.4) is 0 Å². The Labute approximate surface area is 230 Å². The highest BCUT2D eigenvalue weighted by atomic mass is 16.5. The number of piperazine rings is 1. The second-order valence-electron chi connectivity index (χ2n) is 11.6. The molecule has 3 heterocycles. The Balaban J connectivity index is 1.01. The Kier molecular flexibility index (Phi) is 7.68. The maximum atomic E-state index is 12.7. The average Bonchev–Trinajstić information content (AvgIpc) is 3.55. The van der Waals surface area contributed by atoms with Gasteiger partial charge < -0.3 is 19.3 Å². The highest BCUT2D eigenvalue weighted by Crippen LogP contribution is 2.40. The summed E-state index contributed by atoms with van der Waals surface area (Å²) in [5.41, 5.74) is 2.47. The van der Waals surface area contributed by atoms with Crippen LogP contribution >= 0.6 is 0 Å². The molecule has 2 saturated carbocycles. The smallest absolute Gasteiger partial charge is 0.225 e. The minimum atomic E-state index is -0.0370. The Morgan fingerprint density at radius 1 is 1.05 bits per heavy atom. The van der Waals surface area contributed by atoms with Crippen molar-refractivity contribution in [1.29, 1.82) is 0 Å². The van der Waals surface area contributed by atoms with Gasteiger partial charge in [-0.2, -0.15) is 5.10 Å². The number of H-pyrrole nitrogens is 1. The highest BCUT2D eigenvalue weighted by molar-refractivity contribution is 5.93. The third kappa shape index (κ3) is 6.35. The van der Waals surface area contributed by atoms with Crippen molar-refractivity contribution < 1.29 is 14.3 Å².